The molecule has 0 atom stereocenters. The highest BCUT2D eigenvalue weighted by atomic mass is 33.1. The summed E-state index contributed by atoms with van der Waals surface area (Å²) in [5, 5.41) is 37.5. The van der Waals surface area contributed by atoms with Crippen molar-refractivity contribution in [3.05, 3.63) is 47.5 Å². The number of carboxylic acids is 4. The number of benzene rings is 2. The second-order valence-electron chi connectivity index (χ2n) is 7.13. The molecule has 2 aromatic carbocycles. The van der Waals surface area contributed by atoms with E-state index in [9.17, 15) is 39.6 Å². The van der Waals surface area contributed by atoms with Crippen LogP contribution in [0.2, 0.25) is 0 Å². The van der Waals surface area contributed by atoms with Crippen LogP contribution in [0, 0.1) is 0 Å². The zero-order valence-corrected chi connectivity index (χ0v) is 18.8. The Kier molecular flexibility index (Phi) is 7.71. The van der Waals surface area contributed by atoms with Gasteiger partial charge in [-0.05, 0) is 42.8 Å². The molecule has 2 aromatic rings. The number of aliphatic carboxylic acids is 2. The zero-order chi connectivity index (χ0) is 24.1. The number of carbonyl (C=O) groups is 4. The van der Waals surface area contributed by atoms with Crippen LogP contribution in [0.15, 0.2) is 46.2 Å². The average Bonchev–Trinajstić information content (AvgIpc) is 2.77. The SMILES string of the molecule is O=C(O)CN1CCCN(CC(=O)O)c2ccc(C(=O)O)cc2SSc2cc(C(=O)O)ccc21. The van der Waals surface area contributed by atoms with Gasteiger partial charge in [-0.3, -0.25) is 9.59 Å². The number of carboxylic acid groups (broad SMARTS) is 4. The van der Waals surface area contributed by atoms with Crippen LogP contribution in [0.5, 0.6) is 0 Å². The Hall–Kier alpha value is -3.38. The molecule has 0 amide bonds. The summed E-state index contributed by atoms with van der Waals surface area (Å²) < 4.78 is 0. The Bertz CT molecular complexity index is 1020. The van der Waals surface area contributed by atoms with E-state index in [0.717, 1.165) is 21.6 Å². The molecule has 1 heterocycles. The second kappa shape index (κ2) is 10.5. The maximum Gasteiger partial charge on any atom is 0.335 e. The van der Waals surface area contributed by atoms with Crippen molar-refractivity contribution in [3.63, 3.8) is 0 Å². The highest BCUT2D eigenvalue weighted by Crippen LogP contribution is 2.46. The minimum Gasteiger partial charge on any atom is -0.480 e. The second-order valence-corrected chi connectivity index (χ2v) is 9.34. The average molecular weight is 493 g/mol. The van der Waals surface area contributed by atoms with Crippen LogP contribution in [0.1, 0.15) is 27.1 Å². The minimum atomic E-state index is -1.14. The molecular weight excluding hydrogens is 472 g/mol. The van der Waals surface area contributed by atoms with Gasteiger partial charge in [0.15, 0.2) is 0 Å². The predicted octanol–water partition coefficient (Wildman–Crippen LogP) is 3.07. The summed E-state index contributed by atoms with van der Waals surface area (Å²) in [6.07, 6.45) is 0.413. The Morgan fingerprint density at radius 2 is 1.09 bits per heavy atom. The van der Waals surface area contributed by atoms with E-state index < -0.39 is 23.9 Å². The van der Waals surface area contributed by atoms with Gasteiger partial charge in [-0.1, -0.05) is 21.6 Å². The van der Waals surface area contributed by atoms with Crippen molar-refractivity contribution in [3.8, 4) is 0 Å². The van der Waals surface area contributed by atoms with Gasteiger partial charge in [-0.15, -0.1) is 0 Å². The van der Waals surface area contributed by atoms with E-state index in [-0.39, 0.29) is 37.3 Å². The summed E-state index contributed by atoms with van der Waals surface area (Å²) in [5.74, 6) is -4.40. The van der Waals surface area contributed by atoms with E-state index >= 15 is 0 Å². The quantitative estimate of drug-likeness (QED) is 0.438. The molecule has 174 valence electrons. The molecule has 0 saturated heterocycles. The van der Waals surface area contributed by atoms with Gasteiger partial charge in [0, 0.05) is 22.9 Å². The van der Waals surface area contributed by atoms with E-state index in [1.54, 1.807) is 21.9 Å². The first-order chi connectivity index (χ1) is 15.7. The molecule has 1 aliphatic rings. The molecule has 12 heteroatoms. The van der Waals surface area contributed by atoms with E-state index in [0.29, 0.717) is 27.6 Å². The van der Waals surface area contributed by atoms with Gasteiger partial charge in [-0.2, -0.15) is 0 Å². The highest BCUT2D eigenvalue weighted by Gasteiger charge is 2.22. The van der Waals surface area contributed by atoms with Crippen molar-refractivity contribution < 1.29 is 39.6 Å². The van der Waals surface area contributed by atoms with E-state index in [2.05, 4.69) is 0 Å². The van der Waals surface area contributed by atoms with Crippen molar-refractivity contribution in [2.45, 2.75) is 16.2 Å². The van der Waals surface area contributed by atoms with Gasteiger partial charge in [0.25, 0.3) is 0 Å². The van der Waals surface area contributed by atoms with Crippen LogP contribution in [-0.4, -0.2) is 70.5 Å². The molecule has 33 heavy (non-hydrogen) atoms. The van der Waals surface area contributed by atoms with Gasteiger partial charge >= 0.3 is 23.9 Å². The third-order valence-electron chi connectivity index (χ3n) is 4.82. The number of fused-ring (bicyclic) bond motifs is 2. The van der Waals surface area contributed by atoms with Crippen LogP contribution in [0.3, 0.4) is 0 Å². The predicted molar refractivity (Wildman–Crippen MR) is 123 cm³/mol. The first-order valence-corrected chi connectivity index (χ1v) is 11.8. The molecule has 0 saturated carbocycles. The standard InChI is InChI=1S/C21H20N2O8S2/c24-18(25)10-22-6-1-7-23(11-19(26)27)15-5-3-13(21(30)31)9-17(15)33-32-16-8-12(20(28)29)2-4-14(16)22/h2-5,8-9H,1,6-7,10-11H2,(H,24,25)(H,26,27)(H,28,29)(H,30,31). The van der Waals surface area contributed by atoms with Gasteiger partial charge in [-0.25, -0.2) is 9.59 Å². The summed E-state index contributed by atoms with van der Waals surface area (Å²) in [6.45, 7) is -0.0649. The molecule has 3 rings (SSSR count). The number of hydrogen-bond acceptors (Lipinski definition) is 8. The lowest BCUT2D eigenvalue weighted by molar-refractivity contribution is -0.136. The first kappa shape index (κ1) is 24.3. The van der Waals surface area contributed by atoms with Gasteiger partial charge < -0.3 is 30.2 Å². The summed E-state index contributed by atoms with van der Waals surface area (Å²) in [6, 6.07) is 8.78. The lowest BCUT2D eigenvalue weighted by Gasteiger charge is -2.27. The molecule has 0 aromatic heterocycles. The van der Waals surface area contributed by atoms with Gasteiger partial charge in [0.1, 0.15) is 13.1 Å². The lowest BCUT2D eigenvalue weighted by atomic mass is 10.1. The third kappa shape index (κ3) is 6.11. The van der Waals surface area contributed by atoms with Gasteiger partial charge in [0.2, 0.25) is 0 Å². The van der Waals surface area contributed by atoms with E-state index in [4.69, 9.17) is 0 Å². The van der Waals surface area contributed by atoms with Crippen LogP contribution >= 0.6 is 21.6 Å². The molecule has 0 unspecified atom stereocenters. The molecule has 0 fully saturated rings. The van der Waals surface area contributed by atoms with E-state index in [1.165, 1.54) is 24.3 Å². The smallest absolute Gasteiger partial charge is 0.335 e. The molecule has 1 aliphatic heterocycles. The summed E-state index contributed by atoms with van der Waals surface area (Å²) in [4.78, 5) is 50.1. The van der Waals surface area contributed by atoms with E-state index in [1.807, 2.05) is 0 Å². The largest absolute Gasteiger partial charge is 0.480 e. The van der Waals surface area contributed by atoms with Crippen molar-refractivity contribution in [2.24, 2.45) is 0 Å². The highest BCUT2D eigenvalue weighted by molar-refractivity contribution is 8.76. The van der Waals surface area contributed by atoms with Crippen LogP contribution in [0.25, 0.3) is 0 Å². The number of nitrogens with zero attached hydrogens (tertiary/aromatic N) is 2. The van der Waals surface area contributed by atoms with Crippen molar-refractivity contribution in [2.75, 3.05) is 36.0 Å². The lowest BCUT2D eigenvalue weighted by Crippen LogP contribution is -2.35. The summed E-state index contributed by atoms with van der Waals surface area (Å²) >= 11 is 0. The molecule has 0 spiro atoms. The summed E-state index contributed by atoms with van der Waals surface area (Å²) in [7, 11) is 2.31. The third-order valence-corrected chi connectivity index (χ3v) is 7.25. The Labute approximate surface area is 196 Å². The fourth-order valence-corrected chi connectivity index (χ4v) is 5.82. The summed E-state index contributed by atoms with van der Waals surface area (Å²) in [5.41, 5.74) is 1.11. The fourth-order valence-electron chi connectivity index (χ4n) is 3.39. The molecule has 0 bridgehead atoms. The van der Waals surface area contributed by atoms with Crippen LogP contribution in [-0.2, 0) is 9.59 Å². The molecule has 0 aliphatic carbocycles. The zero-order valence-electron chi connectivity index (χ0n) is 17.1. The molecule has 10 nitrogen and oxygen atoms in total. The van der Waals surface area contributed by atoms with Crippen molar-refractivity contribution in [1.29, 1.82) is 0 Å². The number of anilines is 2. The molecule has 4 N–H and O–H groups in total. The Morgan fingerprint density at radius 3 is 1.42 bits per heavy atom. The first-order valence-electron chi connectivity index (χ1n) is 9.68. The van der Waals surface area contributed by atoms with Crippen molar-refractivity contribution in [1.82, 2.24) is 0 Å². The number of rotatable bonds is 6. The monoisotopic (exact) mass is 492 g/mol. The molecular formula is C21H20N2O8S2. The fraction of sp³-hybridized carbons (Fsp3) is 0.238. The molecule has 0 radical (unpaired) electrons. The number of aromatic carboxylic acids is 2. The maximum absolute atomic E-state index is 11.5. The van der Waals surface area contributed by atoms with Crippen molar-refractivity contribution >= 4 is 56.8 Å². The van der Waals surface area contributed by atoms with Crippen LogP contribution < -0.4 is 9.80 Å². The van der Waals surface area contributed by atoms with Gasteiger partial charge in [0.05, 0.1) is 22.5 Å². The maximum atomic E-state index is 11.5. The minimum absolute atomic E-state index is 0.0269. The Balaban J connectivity index is 2.11. The topological polar surface area (TPSA) is 156 Å². The normalized spacial score (nSPS) is 13.9. The van der Waals surface area contributed by atoms with Crippen LogP contribution in [0.4, 0.5) is 11.4 Å². The number of hydrogen-bond donors (Lipinski definition) is 4. The Morgan fingerprint density at radius 1 is 0.697 bits per heavy atom.